The second-order valence-electron chi connectivity index (χ2n) is 7.83. The van der Waals surface area contributed by atoms with Crippen molar-refractivity contribution in [1.29, 1.82) is 0 Å². The summed E-state index contributed by atoms with van der Waals surface area (Å²) in [6, 6.07) is 2.46. The highest BCUT2D eigenvalue weighted by Crippen LogP contribution is 2.57. The van der Waals surface area contributed by atoms with Crippen molar-refractivity contribution in [2.75, 3.05) is 13.1 Å². The van der Waals surface area contributed by atoms with Crippen molar-refractivity contribution < 1.29 is 9.59 Å². The summed E-state index contributed by atoms with van der Waals surface area (Å²) < 4.78 is 0. The van der Waals surface area contributed by atoms with Crippen molar-refractivity contribution in [1.82, 2.24) is 9.80 Å². The fraction of sp³-hybridized carbons (Fsp3) is 0.600. The zero-order valence-corrected chi connectivity index (χ0v) is 15.6. The van der Waals surface area contributed by atoms with Gasteiger partial charge in [-0.05, 0) is 59.9 Å². The van der Waals surface area contributed by atoms with Gasteiger partial charge in [0.05, 0.1) is 0 Å². The van der Waals surface area contributed by atoms with Crippen molar-refractivity contribution >= 4 is 23.2 Å². The molecule has 2 fully saturated rings. The van der Waals surface area contributed by atoms with Crippen LogP contribution in [0.25, 0.3) is 0 Å². The first-order chi connectivity index (χ1) is 12.1. The van der Waals surface area contributed by atoms with Gasteiger partial charge in [-0.1, -0.05) is 12.2 Å². The van der Waals surface area contributed by atoms with E-state index in [1.54, 1.807) is 18.3 Å². The Morgan fingerprint density at radius 2 is 2.00 bits per heavy atom. The predicted molar refractivity (Wildman–Crippen MR) is 99.1 cm³/mol. The molecular formula is C20H26N2O2S. The molecule has 2 aliphatic carbocycles. The Morgan fingerprint density at radius 3 is 2.60 bits per heavy atom. The number of rotatable bonds is 4. The highest BCUT2D eigenvalue weighted by Gasteiger charge is 2.58. The smallest absolute Gasteiger partial charge is 0.226 e. The van der Waals surface area contributed by atoms with E-state index in [1.807, 2.05) is 0 Å². The molecule has 1 unspecified atom stereocenters. The zero-order chi connectivity index (χ0) is 17.4. The van der Waals surface area contributed by atoms with Gasteiger partial charge >= 0.3 is 0 Å². The van der Waals surface area contributed by atoms with Crippen molar-refractivity contribution in [3.8, 4) is 0 Å². The van der Waals surface area contributed by atoms with Crippen LogP contribution in [0.1, 0.15) is 44.6 Å². The fourth-order valence-electron chi connectivity index (χ4n) is 4.57. The number of amides is 2. The van der Waals surface area contributed by atoms with E-state index in [1.165, 1.54) is 5.56 Å². The molecule has 134 valence electrons. The molecule has 1 atom stereocenters. The van der Waals surface area contributed by atoms with E-state index in [-0.39, 0.29) is 17.2 Å². The van der Waals surface area contributed by atoms with Crippen LogP contribution in [0.15, 0.2) is 29.0 Å². The van der Waals surface area contributed by atoms with Crippen LogP contribution in [0.4, 0.5) is 0 Å². The van der Waals surface area contributed by atoms with Gasteiger partial charge < -0.3 is 9.80 Å². The lowest BCUT2D eigenvalue weighted by Gasteiger charge is -2.36. The van der Waals surface area contributed by atoms with Crippen molar-refractivity contribution in [3.05, 3.63) is 34.5 Å². The molecule has 1 aliphatic heterocycles. The second kappa shape index (κ2) is 6.60. The third-order valence-electron chi connectivity index (χ3n) is 6.29. The summed E-state index contributed by atoms with van der Waals surface area (Å²) in [5.74, 6) is 0.679. The Morgan fingerprint density at radius 1 is 1.28 bits per heavy atom. The molecule has 4 nitrogen and oxygen atoms in total. The third-order valence-corrected chi connectivity index (χ3v) is 7.02. The van der Waals surface area contributed by atoms with Crippen LogP contribution in [0.5, 0.6) is 0 Å². The van der Waals surface area contributed by atoms with E-state index >= 15 is 0 Å². The molecule has 4 rings (SSSR count). The number of likely N-dealkylation sites (tertiary alicyclic amines) is 1. The number of hydrogen-bond acceptors (Lipinski definition) is 3. The number of thiophene rings is 1. The maximum Gasteiger partial charge on any atom is 0.226 e. The van der Waals surface area contributed by atoms with Gasteiger partial charge in [0.1, 0.15) is 0 Å². The van der Waals surface area contributed by atoms with Gasteiger partial charge in [-0.3, -0.25) is 9.59 Å². The van der Waals surface area contributed by atoms with Crippen LogP contribution in [0.2, 0.25) is 0 Å². The third kappa shape index (κ3) is 3.26. The summed E-state index contributed by atoms with van der Waals surface area (Å²) in [6.45, 7) is 4.12. The number of hydrogen-bond donors (Lipinski definition) is 0. The Balaban J connectivity index is 1.35. The van der Waals surface area contributed by atoms with Gasteiger partial charge in [-0.25, -0.2) is 0 Å². The Kier molecular flexibility index (Phi) is 4.44. The van der Waals surface area contributed by atoms with Gasteiger partial charge in [0.2, 0.25) is 11.8 Å². The van der Waals surface area contributed by atoms with Gasteiger partial charge in [-0.15, -0.1) is 0 Å². The quantitative estimate of drug-likeness (QED) is 0.774. The average molecular weight is 359 g/mol. The summed E-state index contributed by atoms with van der Waals surface area (Å²) in [7, 11) is 0. The van der Waals surface area contributed by atoms with Gasteiger partial charge in [0.25, 0.3) is 0 Å². The normalized spacial score (nSPS) is 24.7. The molecule has 0 radical (unpaired) electrons. The standard InChI is InChI=1S/C20H26N2O2S/c1-15(23)22(13-16-6-11-25-14-16)18-12-20(18)7-9-21(10-8-20)19(24)17-4-2-3-5-17/h2-3,6,11,14,17-18H,4-5,7-10,12-13H2,1H3. The van der Waals surface area contributed by atoms with Crippen LogP contribution in [0, 0.1) is 11.3 Å². The van der Waals surface area contributed by atoms with Gasteiger partial charge in [0, 0.05) is 38.5 Å². The number of carbonyl (C=O) groups is 2. The molecule has 1 aromatic heterocycles. The minimum atomic E-state index is 0.170. The highest BCUT2D eigenvalue weighted by molar-refractivity contribution is 7.07. The van der Waals surface area contributed by atoms with Crippen LogP contribution in [-0.2, 0) is 16.1 Å². The van der Waals surface area contributed by atoms with E-state index in [2.05, 4.69) is 38.8 Å². The summed E-state index contributed by atoms with van der Waals surface area (Å²) in [6.07, 6.45) is 9.24. The number of carbonyl (C=O) groups excluding carboxylic acids is 2. The summed E-state index contributed by atoms with van der Waals surface area (Å²) in [4.78, 5) is 28.9. The number of nitrogens with zero attached hydrogens (tertiary/aromatic N) is 2. The molecule has 2 amide bonds. The summed E-state index contributed by atoms with van der Waals surface area (Å²) >= 11 is 1.68. The molecule has 0 bridgehead atoms. The van der Waals surface area contributed by atoms with Crippen LogP contribution in [0.3, 0.4) is 0 Å². The predicted octanol–water partition coefficient (Wildman–Crippen LogP) is 3.44. The topological polar surface area (TPSA) is 40.6 Å². The molecule has 1 saturated carbocycles. The maximum absolute atomic E-state index is 12.6. The van der Waals surface area contributed by atoms with Gasteiger partial charge in [0.15, 0.2) is 0 Å². The van der Waals surface area contributed by atoms with Crippen molar-refractivity contribution in [3.63, 3.8) is 0 Å². The molecule has 1 aromatic rings. The molecule has 0 aromatic carbocycles. The zero-order valence-electron chi connectivity index (χ0n) is 14.8. The van der Waals surface area contributed by atoms with Gasteiger partial charge in [-0.2, -0.15) is 11.3 Å². The van der Waals surface area contributed by atoms with E-state index < -0.39 is 0 Å². The molecule has 1 saturated heterocycles. The Hall–Kier alpha value is -1.62. The van der Waals surface area contributed by atoms with Crippen molar-refractivity contribution in [2.24, 2.45) is 11.3 Å². The monoisotopic (exact) mass is 358 g/mol. The van der Waals surface area contributed by atoms with Crippen LogP contribution < -0.4 is 0 Å². The summed E-state index contributed by atoms with van der Waals surface area (Å²) in [5, 5.41) is 4.19. The lowest BCUT2D eigenvalue weighted by molar-refractivity contribution is -0.137. The molecular weight excluding hydrogens is 332 g/mol. The van der Waals surface area contributed by atoms with Crippen molar-refractivity contribution in [2.45, 2.75) is 51.6 Å². The number of allylic oxidation sites excluding steroid dienone is 2. The Bertz CT molecular complexity index is 666. The minimum Gasteiger partial charge on any atom is -0.342 e. The van der Waals surface area contributed by atoms with E-state index in [0.29, 0.717) is 11.9 Å². The molecule has 3 aliphatic rings. The molecule has 5 heteroatoms. The lowest BCUT2D eigenvalue weighted by Crippen LogP contribution is -2.44. The van der Waals surface area contributed by atoms with E-state index in [0.717, 1.165) is 51.7 Å². The minimum absolute atomic E-state index is 0.170. The first-order valence-corrected chi connectivity index (χ1v) is 10.3. The lowest BCUT2D eigenvalue weighted by atomic mass is 9.91. The van der Waals surface area contributed by atoms with E-state index in [9.17, 15) is 9.59 Å². The fourth-order valence-corrected chi connectivity index (χ4v) is 5.23. The second-order valence-corrected chi connectivity index (χ2v) is 8.61. The first kappa shape index (κ1) is 16.8. The summed E-state index contributed by atoms with van der Waals surface area (Å²) in [5.41, 5.74) is 1.48. The highest BCUT2D eigenvalue weighted by atomic mass is 32.1. The van der Waals surface area contributed by atoms with Crippen LogP contribution in [-0.4, -0.2) is 40.7 Å². The molecule has 25 heavy (non-hydrogen) atoms. The van der Waals surface area contributed by atoms with Crippen LogP contribution >= 0.6 is 11.3 Å². The Labute approximate surface area is 153 Å². The average Bonchev–Trinajstić information content (AvgIpc) is 3.07. The molecule has 0 N–H and O–H groups in total. The SMILES string of the molecule is CC(=O)N(Cc1ccsc1)C1CC12CCN(C(=O)C1CC=CC1)CC2. The molecule has 1 spiro atoms. The van der Waals surface area contributed by atoms with E-state index in [4.69, 9.17) is 0 Å². The first-order valence-electron chi connectivity index (χ1n) is 9.31. The molecule has 2 heterocycles. The maximum atomic E-state index is 12.6. The number of piperidine rings is 1. The largest absolute Gasteiger partial charge is 0.342 e.